The van der Waals surface area contributed by atoms with Crippen molar-refractivity contribution in [3.8, 4) is 11.8 Å². The Labute approximate surface area is 89.1 Å². The topological polar surface area (TPSA) is 49.1 Å². The van der Waals surface area contributed by atoms with Gasteiger partial charge < -0.3 is 9.64 Å². The molecule has 1 fully saturated rings. The molecule has 4 nitrogen and oxygen atoms in total. The summed E-state index contributed by atoms with van der Waals surface area (Å²) in [6, 6.07) is 3.83. The van der Waals surface area contributed by atoms with Gasteiger partial charge in [0.2, 0.25) is 0 Å². The van der Waals surface area contributed by atoms with Gasteiger partial charge >= 0.3 is 0 Å². The highest BCUT2D eigenvalue weighted by Gasteiger charge is 2.21. The van der Waals surface area contributed by atoms with Crippen LogP contribution in [0, 0.1) is 11.3 Å². The van der Waals surface area contributed by atoms with Gasteiger partial charge in [0.25, 0.3) is 0 Å². The number of pyridine rings is 1. The summed E-state index contributed by atoms with van der Waals surface area (Å²) in [6.07, 6.45) is 4.40. The lowest BCUT2D eigenvalue weighted by atomic mass is 10.2. The number of rotatable bonds is 2. The van der Waals surface area contributed by atoms with Crippen LogP contribution in [0.25, 0.3) is 0 Å². The Bertz CT molecular complexity index is 386. The van der Waals surface area contributed by atoms with Crippen molar-refractivity contribution in [2.24, 2.45) is 0 Å². The summed E-state index contributed by atoms with van der Waals surface area (Å²) in [5, 5.41) is 8.86. The molecule has 0 N–H and O–H groups in total. The highest BCUT2D eigenvalue weighted by molar-refractivity contribution is 5.40. The average molecular weight is 203 g/mol. The van der Waals surface area contributed by atoms with Gasteiger partial charge in [0.05, 0.1) is 0 Å². The molecule has 4 heteroatoms. The Morgan fingerprint density at radius 3 is 3.20 bits per heavy atom. The van der Waals surface area contributed by atoms with Crippen LogP contribution in [0.4, 0.5) is 0 Å². The van der Waals surface area contributed by atoms with E-state index in [1.54, 1.807) is 12.3 Å². The second-order valence-corrected chi connectivity index (χ2v) is 3.77. The normalized spacial score (nSPS) is 21.2. The molecule has 15 heavy (non-hydrogen) atoms. The summed E-state index contributed by atoms with van der Waals surface area (Å²) in [5.74, 6) is 0.646. The van der Waals surface area contributed by atoms with E-state index in [-0.39, 0.29) is 6.10 Å². The fourth-order valence-electron chi connectivity index (χ4n) is 1.74. The Balaban J connectivity index is 2.08. The van der Waals surface area contributed by atoms with Crippen molar-refractivity contribution in [3.63, 3.8) is 0 Å². The van der Waals surface area contributed by atoms with E-state index in [1.807, 2.05) is 0 Å². The van der Waals surface area contributed by atoms with Crippen LogP contribution in [-0.2, 0) is 0 Å². The second kappa shape index (κ2) is 4.28. The predicted octanol–water partition coefficient (Wildman–Crippen LogP) is 1.04. The first-order valence-electron chi connectivity index (χ1n) is 4.99. The molecule has 1 atom stereocenters. The maximum atomic E-state index is 8.86. The van der Waals surface area contributed by atoms with Crippen molar-refractivity contribution in [3.05, 3.63) is 24.0 Å². The third kappa shape index (κ3) is 2.25. The summed E-state index contributed by atoms with van der Waals surface area (Å²) >= 11 is 0. The number of nitriles is 1. The van der Waals surface area contributed by atoms with E-state index in [2.05, 4.69) is 23.0 Å². The summed E-state index contributed by atoms with van der Waals surface area (Å²) in [5.41, 5.74) is 0.507. The van der Waals surface area contributed by atoms with Crippen LogP contribution in [0.1, 0.15) is 12.0 Å². The van der Waals surface area contributed by atoms with Gasteiger partial charge in [0.1, 0.15) is 23.5 Å². The van der Waals surface area contributed by atoms with Gasteiger partial charge in [0.15, 0.2) is 0 Å². The SMILES string of the molecule is CN1CCC(Oc2ccncc2C#N)C1. The lowest BCUT2D eigenvalue weighted by Gasteiger charge is -2.14. The summed E-state index contributed by atoms with van der Waals surface area (Å²) in [7, 11) is 2.07. The molecule has 1 aromatic rings. The maximum Gasteiger partial charge on any atom is 0.140 e. The molecule has 1 unspecified atom stereocenters. The molecule has 1 aliphatic heterocycles. The number of hydrogen-bond acceptors (Lipinski definition) is 4. The number of nitrogens with zero attached hydrogens (tertiary/aromatic N) is 3. The predicted molar refractivity (Wildman–Crippen MR) is 55.5 cm³/mol. The number of hydrogen-bond donors (Lipinski definition) is 0. The van der Waals surface area contributed by atoms with Gasteiger partial charge in [-0.3, -0.25) is 4.98 Å². The molecule has 0 aliphatic carbocycles. The van der Waals surface area contributed by atoms with Crippen molar-refractivity contribution in [1.82, 2.24) is 9.88 Å². The monoisotopic (exact) mass is 203 g/mol. The summed E-state index contributed by atoms with van der Waals surface area (Å²) in [6.45, 7) is 1.98. The maximum absolute atomic E-state index is 8.86. The standard InChI is InChI=1S/C11H13N3O/c1-14-5-3-10(8-14)15-11-2-4-13-7-9(11)6-12/h2,4,7,10H,3,5,8H2,1H3. The molecule has 2 rings (SSSR count). The Morgan fingerprint density at radius 2 is 2.53 bits per heavy atom. The minimum Gasteiger partial charge on any atom is -0.488 e. The quantitative estimate of drug-likeness (QED) is 0.720. The number of ether oxygens (including phenoxy) is 1. The van der Waals surface area contributed by atoms with Crippen molar-refractivity contribution < 1.29 is 4.74 Å². The first kappa shape index (κ1) is 9.94. The minimum absolute atomic E-state index is 0.199. The molecule has 2 heterocycles. The molecule has 1 saturated heterocycles. The number of likely N-dealkylation sites (tertiary alicyclic amines) is 1. The molecule has 0 amide bonds. The van der Waals surface area contributed by atoms with E-state index in [0.29, 0.717) is 11.3 Å². The number of likely N-dealkylation sites (N-methyl/N-ethyl adjacent to an activating group) is 1. The molecule has 0 spiro atoms. The largest absolute Gasteiger partial charge is 0.488 e. The molecule has 0 bridgehead atoms. The van der Waals surface area contributed by atoms with E-state index in [0.717, 1.165) is 19.5 Å². The molecule has 0 aromatic carbocycles. The molecule has 78 valence electrons. The zero-order valence-corrected chi connectivity index (χ0v) is 8.68. The van der Waals surface area contributed by atoms with Gasteiger partial charge in [-0.15, -0.1) is 0 Å². The van der Waals surface area contributed by atoms with Crippen molar-refractivity contribution in [2.45, 2.75) is 12.5 Å². The van der Waals surface area contributed by atoms with Crippen LogP contribution < -0.4 is 4.74 Å². The molecule has 0 radical (unpaired) electrons. The zero-order chi connectivity index (χ0) is 10.7. The van der Waals surface area contributed by atoms with Crippen LogP contribution in [0.2, 0.25) is 0 Å². The Morgan fingerprint density at radius 1 is 1.67 bits per heavy atom. The Kier molecular flexibility index (Phi) is 2.84. The smallest absolute Gasteiger partial charge is 0.140 e. The van der Waals surface area contributed by atoms with Gasteiger partial charge in [-0.05, 0) is 19.5 Å². The lowest BCUT2D eigenvalue weighted by Crippen LogP contribution is -2.21. The van der Waals surface area contributed by atoms with Gasteiger partial charge in [-0.1, -0.05) is 0 Å². The van der Waals surface area contributed by atoms with E-state index >= 15 is 0 Å². The molecule has 1 aromatic heterocycles. The van der Waals surface area contributed by atoms with E-state index in [4.69, 9.17) is 10.00 Å². The molecule has 1 aliphatic rings. The van der Waals surface area contributed by atoms with Crippen molar-refractivity contribution >= 4 is 0 Å². The Hall–Kier alpha value is -1.60. The third-order valence-corrected chi connectivity index (χ3v) is 2.54. The first-order valence-corrected chi connectivity index (χ1v) is 4.99. The molecule has 0 saturated carbocycles. The lowest BCUT2D eigenvalue weighted by molar-refractivity contribution is 0.207. The zero-order valence-electron chi connectivity index (χ0n) is 8.68. The summed E-state index contributed by atoms with van der Waals surface area (Å²) < 4.78 is 5.76. The third-order valence-electron chi connectivity index (χ3n) is 2.54. The van der Waals surface area contributed by atoms with Gasteiger partial charge in [-0.2, -0.15) is 5.26 Å². The van der Waals surface area contributed by atoms with Crippen LogP contribution in [-0.4, -0.2) is 36.1 Å². The van der Waals surface area contributed by atoms with Crippen LogP contribution in [0.15, 0.2) is 18.5 Å². The van der Waals surface area contributed by atoms with Gasteiger partial charge in [0, 0.05) is 25.5 Å². The summed E-state index contributed by atoms with van der Waals surface area (Å²) in [4.78, 5) is 6.11. The van der Waals surface area contributed by atoms with Gasteiger partial charge in [-0.25, -0.2) is 0 Å². The first-order chi connectivity index (χ1) is 7.29. The van der Waals surface area contributed by atoms with Crippen molar-refractivity contribution in [2.75, 3.05) is 20.1 Å². The molecular formula is C11H13N3O. The van der Waals surface area contributed by atoms with Crippen LogP contribution >= 0.6 is 0 Å². The van der Waals surface area contributed by atoms with Crippen LogP contribution in [0.5, 0.6) is 5.75 Å². The fraction of sp³-hybridized carbons (Fsp3) is 0.455. The van der Waals surface area contributed by atoms with Crippen LogP contribution in [0.3, 0.4) is 0 Å². The number of aromatic nitrogens is 1. The highest BCUT2D eigenvalue weighted by Crippen LogP contribution is 2.20. The van der Waals surface area contributed by atoms with E-state index in [1.165, 1.54) is 6.20 Å². The van der Waals surface area contributed by atoms with E-state index < -0.39 is 0 Å². The van der Waals surface area contributed by atoms with E-state index in [9.17, 15) is 0 Å². The molecular weight excluding hydrogens is 190 g/mol. The second-order valence-electron chi connectivity index (χ2n) is 3.77. The highest BCUT2D eigenvalue weighted by atomic mass is 16.5. The van der Waals surface area contributed by atoms with Crippen molar-refractivity contribution in [1.29, 1.82) is 5.26 Å². The fourth-order valence-corrected chi connectivity index (χ4v) is 1.74. The minimum atomic E-state index is 0.199. The average Bonchev–Trinajstić information content (AvgIpc) is 2.65.